The second-order valence-corrected chi connectivity index (χ2v) is 5.73. The molecule has 2 heterocycles. The molecule has 20 heavy (non-hydrogen) atoms. The quantitative estimate of drug-likeness (QED) is 0.806. The van der Waals surface area contributed by atoms with Crippen LogP contribution in [0.15, 0.2) is 12.3 Å². The van der Waals surface area contributed by atoms with Gasteiger partial charge in [0.2, 0.25) is 5.82 Å². The molecule has 1 aliphatic carbocycles. The van der Waals surface area contributed by atoms with E-state index in [1.165, 1.54) is 13.5 Å². The van der Waals surface area contributed by atoms with Gasteiger partial charge in [-0.15, -0.1) is 0 Å². The number of methoxy groups -OCH3 is 1. The van der Waals surface area contributed by atoms with Crippen LogP contribution in [0, 0.1) is 11.8 Å². The van der Waals surface area contributed by atoms with Crippen LogP contribution in [0.1, 0.15) is 29.9 Å². The van der Waals surface area contributed by atoms with Crippen LogP contribution in [-0.4, -0.2) is 42.2 Å². The summed E-state index contributed by atoms with van der Waals surface area (Å²) < 4.78 is 4.66. The Bertz CT molecular complexity index is 508. The molecule has 0 spiro atoms. The van der Waals surface area contributed by atoms with Gasteiger partial charge in [0.25, 0.3) is 0 Å². The fourth-order valence-electron chi connectivity index (χ4n) is 3.37. The van der Waals surface area contributed by atoms with E-state index in [4.69, 9.17) is 5.73 Å². The van der Waals surface area contributed by atoms with Crippen molar-refractivity contribution < 1.29 is 9.53 Å². The molecular formula is C14H20N4O2. The summed E-state index contributed by atoms with van der Waals surface area (Å²) >= 11 is 0. The smallest absolute Gasteiger partial charge is 0.376 e. The first kappa shape index (κ1) is 13.3. The molecule has 6 heteroatoms. The summed E-state index contributed by atoms with van der Waals surface area (Å²) in [7, 11) is 1.34. The molecule has 1 saturated heterocycles. The average Bonchev–Trinajstić information content (AvgIpc) is 2.89. The van der Waals surface area contributed by atoms with Crippen LogP contribution in [-0.2, 0) is 4.74 Å². The zero-order chi connectivity index (χ0) is 14.1. The molecular weight excluding hydrogens is 256 g/mol. The lowest BCUT2D eigenvalue weighted by atomic mass is 9.79. The minimum atomic E-state index is -0.495. The van der Waals surface area contributed by atoms with Gasteiger partial charge >= 0.3 is 5.97 Å². The van der Waals surface area contributed by atoms with Gasteiger partial charge in [-0.2, -0.15) is 0 Å². The van der Waals surface area contributed by atoms with Crippen molar-refractivity contribution >= 4 is 11.8 Å². The standard InChI is InChI=1S/C14H20N4O2/c1-20-14(19)13-16-5-4-12(17-13)18-7-9-2-3-11(15)6-10(9)8-18/h4-5,9-11H,2-3,6-8,15H2,1H3/t9-,10+,11?/m1/s1. The first-order valence-electron chi connectivity index (χ1n) is 7.09. The number of carbonyl (C=O) groups excluding carboxylic acids is 1. The normalized spacial score (nSPS) is 29.1. The Morgan fingerprint density at radius 2 is 2.20 bits per heavy atom. The van der Waals surface area contributed by atoms with E-state index >= 15 is 0 Å². The van der Waals surface area contributed by atoms with Crippen molar-refractivity contribution in [1.29, 1.82) is 0 Å². The Kier molecular flexibility index (Phi) is 3.56. The lowest BCUT2D eigenvalue weighted by Crippen LogP contribution is -2.32. The highest BCUT2D eigenvalue weighted by Crippen LogP contribution is 2.37. The second kappa shape index (κ2) is 5.36. The Morgan fingerprint density at radius 1 is 1.40 bits per heavy atom. The lowest BCUT2D eigenvalue weighted by molar-refractivity contribution is 0.0587. The third-order valence-electron chi connectivity index (χ3n) is 4.42. The maximum atomic E-state index is 11.5. The number of esters is 1. The summed E-state index contributed by atoms with van der Waals surface area (Å²) in [6.45, 7) is 1.96. The summed E-state index contributed by atoms with van der Waals surface area (Å²) in [6, 6.07) is 2.19. The Morgan fingerprint density at radius 3 is 3.00 bits per heavy atom. The van der Waals surface area contributed by atoms with E-state index in [-0.39, 0.29) is 5.82 Å². The molecule has 1 aliphatic heterocycles. The molecule has 1 aromatic heterocycles. The van der Waals surface area contributed by atoms with Crippen molar-refractivity contribution in [3.05, 3.63) is 18.1 Å². The van der Waals surface area contributed by atoms with Crippen molar-refractivity contribution in [3.63, 3.8) is 0 Å². The van der Waals surface area contributed by atoms with E-state index in [0.717, 1.165) is 31.7 Å². The van der Waals surface area contributed by atoms with Crippen molar-refractivity contribution in [2.75, 3.05) is 25.1 Å². The number of nitrogens with zero attached hydrogens (tertiary/aromatic N) is 3. The monoisotopic (exact) mass is 276 g/mol. The zero-order valence-electron chi connectivity index (χ0n) is 11.7. The van der Waals surface area contributed by atoms with Crippen molar-refractivity contribution in [3.8, 4) is 0 Å². The van der Waals surface area contributed by atoms with Crippen LogP contribution in [0.25, 0.3) is 0 Å². The molecule has 1 unspecified atom stereocenters. The molecule has 0 radical (unpaired) electrons. The number of ether oxygens (including phenoxy) is 1. The van der Waals surface area contributed by atoms with E-state index in [2.05, 4.69) is 19.6 Å². The third-order valence-corrected chi connectivity index (χ3v) is 4.42. The number of nitrogens with two attached hydrogens (primary N) is 1. The molecule has 2 fully saturated rings. The molecule has 3 rings (SSSR count). The molecule has 3 atom stereocenters. The highest BCUT2D eigenvalue weighted by Gasteiger charge is 2.37. The largest absolute Gasteiger partial charge is 0.463 e. The fourth-order valence-corrected chi connectivity index (χ4v) is 3.37. The van der Waals surface area contributed by atoms with Gasteiger partial charge in [-0.3, -0.25) is 0 Å². The number of hydrogen-bond donors (Lipinski definition) is 1. The highest BCUT2D eigenvalue weighted by atomic mass is 16.5. The molecule has 108 valence electrons. The van der Waals surface area contributed by atoms with E-state index in [9.17, 15) is 4.79 Å². The average molecular weight is 276 g/mol. The van der Waals surface area contributed by atoms with Gasteiger partial charge in [0.1, 0.15) is 5.82 Å². The number of anilines is 1. The van der Waals surface area contributed by atoms with Crippen molar-refractivity contribution in [2.45, 2.75) is 25.3 Å². The molecule has 0 aromatic carbocycles. The first-order valence-corrected chi connectivity index (χ1v) is 7.09. The topological polar surface area (TPSA) is 81.3 Å². The van der Waals surface area contributed by atoms with Crippen molar-refractivity contribution in [2.24, 2.45) is 17.6 Å². The maximum absolute atomic E-state index is 11.5. The molecule has 0 amide bonds. The van der Waals surface area contributed by atoms with Crippen molar-refractivity contribution in [1.82, 2.24) is 9.97 Å². The molecule has 0 bridgehead atoms. The summed E-state index contributed by atoms with van der Waals surface area (Å²) in [5.41, 5.74) is 6.05. The van der Waals surface area contributed by atoms with Crippen LogP contribution in [0.4, 0.5) is 5.82 Å². The van der Waals surface area contributed by atoms with Gasteiger partial charge in [0.05, 0.1) is 7.11 Å². The third kappa shape index (κ3) is 2.47. The maximum Gasteiger partial charge on any atom is 0.376 e. The van der Waals surface area contributed by atoms with E-state index < -0.39 is 5.97 Å². The Labute approximate surface area is 118 Å². The minimum absolute atomic E-state index is 0.122. The number of fused-ring (bicyclic) bond motifs is 1. The van der Waals surface area contributed by atoms with E-state index in [1.807, 2.05) is 6.07 Å². The Hall–Kier alpha value is -1.69. The van der Waals surface area contributed by atoms with Crippen LogP contribution in [0.3, 0.4) is 0 Å². The number of hydrogen-bond acceptors (Lipinski definition) is 6. The van der Waals surface area contributed by atoms with Crippen LogP contribution >= 0.6 is 0 Å². The SMILES string of the molecule is COC(=O)c1nccc(N2C[C@H]3CCC(N)C[C@H]3C2)n1. The van der Waals surface area contributed by atoms with Gasteiger partial charge in [0, 0.05) is 25.3 Å². The van der Waals surface area contributed by atoms with E-state index in [1.54, 1.807) is 6.20 Å². The summed E-state index contributed by atoms with van der Waals surface area (Å²) in [5, 5.41) is 0. The Balaban J connectivity index is 1.76. The fraction of sp³-hybridized carbons (Fsp3) is 0.643. The summed E-state index contributed by atoms with van der Waals surface area (Å²) in [5.74, 6) is 1.78. The second-order valence-electron chi connectivity index (χ2n) is 5.73. The van der Waals surface area contributed by atoms with Crippen LogP contribution < -0.4 is 10.6 Å². The van der Waals surface area contributed by atoms with Crippen LogP contribution in [0.5, 0.6) is 0 Å². The molecule has 1 saturated carbocycles. The molecule has 2 N–H and O–H groups in total. The predicted octanol–water partition coefficient (Wildman–Crippen LogP) is 0.827. The summed E-state index contributed by atoms with van der Waals surface area (Å²) in [6.07, 6.45) is 5.02. The van der Waals surface area contributed by atoms with Crippen LogP contribution in [0.2, 0.25) is 0 Å². The van der Waals surface area contributed by atoms with E-state index in [0.29, 0.717) is 17.9 Å². The number of aromatic nitrogens is 2. The van der Waals surface area contributed by atoms with Gasteiger partial charge in [-0.05, 0) is 37.2 Å². The molecule has 2 aliphatic rings. The van der Waals surface area contributed by atoms with Gasteiger partial charge in [-0.1, -0.05) is 0 Å². The van der Waals surface area contributed by atoms with Gasteiger partial charge in [-0.25, -0.2) is 14.8 Å². The zero-order valence-corrected chi connectivity index (χ0v) is 11.7. The predicted molar refractivity (Wildman–Crippen MR) is 74.4 cm³/mol. The number of carbonyl (C=O) groups is 1. The molecule has 1 aromatic rings. The molecule has 6 nitrogen and oxygen atoms in total. The highest BCUT2D eigenvalue weighted by molar-refractivity contribution is 5.85. The first-order chi connectivity index (χ1) is 9.67. The van der Waals surface area contributed by atoms with Gasteiger partial charge < -0.3 is 15.4 Å². The number of rotatable bonds is 2. The lowest BCUT2D eigenvalue weighted by Gasteiger charge is -2.27. The minimum Gasteiger partial charge on any atom is -0.463 e. The van der Waals surface area contributed by atoms with Gasteiger partial charge in [0.15, 0.2) is 0 Å². The summed E-state index contributed by atoms with van der Waals surface area (Å²) in [4.78, 5) is 22.0.